The van der Waals surface area contributed by atoms with E-state index in [0.29, 0.717) is 25.5 Å². The lowest BCUT2D eigenvalue weighted by Crippen LogP contribution is -2.46. The largest absolute Gasteiger partial charge is 0.356 e. The number of likely N-dealkylation sites (tertiary alicyclic amines) is 1. The van der Waals surface area contributed by atoms with Gasteiger partial charge in [0.25, 0.3) is 5.56 Å². The third-order valence-corrected chi connectivity index (χ3v) is 7.51. The van der Waals surface area contributed by atoms with Crippen molar-refractivity contribution in [1.82, 2.24) is 19.8 Å². The highest BCUT2D eigenvalue weighted by Crippen LogP contribution is 2.22. The number of amides is 1. The van der Waals surface area contributed by atoms with Gasteiger partial charge in [-0.3, -0.25) is 14.2 Å². The number of hydrogen-bond acceptors (Lipinski definition) is 5. The molecule has 0 radical (unpaired) electrons. The summed E-state index contributed by atoms with van der Waals surface area (Å²) in [5.41, 5.74) is 2.60. The molecule has 190 valence electrons. The Morgan fingerprint density at radius 3 is 2.56 bits per heavy atom. The summed E-state index contributed by atoms with van der Waals surface area (Å²) in [4.78, 5) is 36.0. The molecule has 2 aromatic carbocycles. The third kappa shape index (κ3) is 5.78. The summed E-state index contributed by atoms with van der Waals surface area (Å²) in [5.74, 6) is 0.431. The average molecular weight is 488 g/mol. The van der Waals surface area contributed by atoms with Gasteiger partial charge in [0, 0.05) is 19.6 Å². The molecule has 36 heavy (non-hydrogen) atoms. The number of carbonyl (C=O) groups excluding carboxylic acids is 1. The molecule has 0 aliphatic carbocycles. The molecule has 3 aromatic rings. The van der Waals surface area contributed by atoms with Gasteiger partial charge < -0.3 is 15.1 Å². The fourth-order valence-electron chi connectivity index (χ4n) is 5.53. The van der Waals surface area contributed by atoms with Crippen LogP contribution in [0, 0.1) is 5.92 Å². The van der Waals surface area contributed by atoms with E-state index >= 15 is 0 Å². The topological polar surface area (TPSA) is 70.5 Å². The van der Waals surface area contributed by atoms with Gasteiger partial charge in [-0.1, -0.05) is 48.9 Å². The maximum atomic E-state index is 13.7. The minimum atomic E-state index is -0.121. The van der Waals surface area contributed by atoms with Crippen LogP contribution in [0.1, 0.15) is 44.1 Å². The van der Waals surface area contributed by atoms with Gasteiger partial charge in [-0.25, -0.2) is 4.98 Å². The minimum Gasteiger partial charge on any atom is -0.356 e. The molecule has 0 spiro atoms. The van der Waals surface area contributed by atoms with Crippen molar-refractivity contribution in [3.63, 3.8) is 0 Å². The summed E-state index contributed by atoms with van der Waals surface area (Å²) in [7, 11) is 0. The fraction of sp³-hybridized carbons (Fsp3) is 0.483. The molecule has 2 fully saturated rings. The standard InChI is InChI=1S/C29H37N5O2/c35-28(30-16-10-19-32-17-7-2-8-18-32)24-13-9-20-33(22-24)27-29(36)34(21-23-11-3-1-4-12-23)26-15-6-5-14-25(26)31-27/h1,3-6,11-12,14-15,24H,2,7-10,13,16-22H2,(H,30,35)/t24-/m1/s1. The maximum Gasteiger partial charge on any atom is 0.294 e. The number of carbonyl (C=O) groups is 1. The lowest BCUT2D eigenvalue weighted by atomic mass is 9.97. The second-order valence-electron chi connectivity index (χ2n) is 10.1. The van der Waals surface area contributed by atoms with E-state index in [2.05, 4.69) is 10.2 Å². The van der Waals surface area contributed by atoms with E-state index < -0.39 is 0 Å². The molecule has 1 atom stereocenters. The van der Waals surface area contributed by atoms with Gasteiger partial charge >= 0.3 is 0 Å². The van der Waals surface area contributed by atoms with Crippen LogP contribution in [0.3, 0.4) is 0 Å². The van der Waals surface area contributed by atoms with Crippen molar-refractivity contribution in [2.45, 2.75) is 45.1 Å². The first-order valence-electron chi connectivity index (χ1n) is 13.5. The number of para-hydroxylation sites is 2. The predicted octanol–water partition coefficient (Wildman–Crippen LogP) is 3.65. The van der Waals surface area contributed by atoms with E-state index in [-0.39, 0.29) is 17.4 Å². The molecule has 1 N–H and O–H groups in total. The summed E-state index contributed by atoms with van der Waals surface area (Å²) < 4.78 is 1.82. The molecular weight excluding hydrogens is 450 g/mol. The molecule has 2 aliphatic heterocycles. The number of nitrogens with one attached hydrogen (secondary N) is 1. The molecule has 0 bridgehead atoms. The van der Waals surface area contributed by atoms with Crippen LogP contribution in [0.15, 0.2) is 59.4 Å². The lowest BCUT2D eigenvalue weighted by Gasteiger charge is -2.33. The Morgan fingerprint density at radius 1 is 0.944 bits per heavy atom. The number of piperidine rings is 2. The fourth-order valence-corrected chi connectivity index (χ4v) is 5.53. The van der Waals surface area contributed by atoms with E-state index in [9.17, 15) is 9.59 Å². The molecule has 2 aliphatic rings. The van der Waals surface area contributed by atoms with Gasteiger partial charge in [0.1, 0.15) is 0 Å². The monoisotopic (exact) mass is 487 g/mol. The van der Waals surface area contributed by atoms with E-state index in [1.165, 1.54) is 32.4 Å². The highest BCUT2D eigenvalue weighted by Gasteiger charge is 2.28. The van der Waals surface area contributed by atoms with Crippen LogP contribution in [-0.2, 0) is 11.3 Å². The number of benzene rings is 2. The molecule has 7 heteroatoms. The molecule has 3 heterocycles. The second kappa shape index (κ2) is 11.7. The Morgan fingerprint density at radius 2 is 1.72 bits per heavy atom. The number of nitrogens with zero attached hydrogens (tertiary/aromatic N) is 4. The van der Waals surface area contributed by atoms with Gasteiger partial charge in [-0.2, -0.15) is 0 Å². The number of hydrogen-bond donors (Lipinski definition) is 1. The van der Waals surface area contributed by atoms with Crippen LogP contribution in [0.2, 0.25) is 0 Å². The summed E-state index contributed by atoms with van der Waals surface area (Å²) in [6.07, 6.45) is 6.63. The van der Waals surface area contributed by atoms with Crippen LogP contribution < -0.4 is 15.8 Å². The zero-order valence-electron chi connectivity index (χ0n) is 21.1. The van der Waals surface area contributed by atoms with Crippen LogP contribution in [-0.4, -0.2) is 59.6 Å². The molecule has 0 unspecified atom stereocenters. The number of aromatic nitrogens is 2. The summed E-state index contributed by atoms with van der Waals surface area (Å²) in [6.45, 7) is 5.90. The van der Waals surface area contributed by atoms with Gasteiger partial charge in [0.15, 0.2) is 5.82 Å². The van der Waals surface area contributed by atoms with Crippen molar-refractivity contribution < 1.29 is 4.79 Å². The molecule has 0 saturated carbocycles. The summed E-state index contributed by atoms with van der Waals surface area (Å²) in [6, 6.07) is 17.8. The highest BCUT2D eigenvalue weighted by molar-refractivity contribution is 5.80. The zero-order chi connectivity index (χ0) is 24.7. The predicted molar refractivity (Wildman–Crippen MR) is 144 cm³/mol. The Balaban J connectivity index is 1.28. The summed E-state index contributed by atoms with van der Waals surface area (Å²) >= 11 is 0. The first kappa shape index (κ1) is 24.5. The van der Waals surface area contributed by atoms with Gasteiger partial charge in [-0.15, -0.1) is 0 Å². The number of fused-ring (bicyclic) bond motifs is 1. The second-order valence-corrected chi connectivity index (χ2v) is 10.1. The minimum absolute atomic E-state index is 0.0971. The number of anilines is 1. The van der Waals surface area contributed by atoms with Crippen molar-refractivity contribution in [1.29, 1.82) is 0 Å². The van der Waals surface area contributed by atoms with Crippen LogP contribution in [0.4, 0.5) is 5.82 Å². The highest BCUT2D eigenvalue weighted by atomic mass is 16.2. The molecule has 1 aromatic heterocycles. The molecule has 1 amide bonds. The third-order valence-electron chi connectivity index (χ3n) is 7.51. The molecular formula is C29H37N5O2. The maximum absolute atomic E-state index is 13.7. The average Bonchev–Trinajstić information content (AvgIpc) is 2.93. The molecule has 7 nitrogen and oxygen atoms in total. The molecule has 2 saturated heterocycles. The Bertz CT molecular complexity index is 1220. The van der Waals surface area contributed by atoms with Crippen LogP contribution in [0.5, 0.6) is 0 Å². The van der Waals surface area contributed by atoms with E-state index in [4.69, 9.17) is 4.98 Å². The van der Waals surface area contributed by atoms with Gasteiger partial charge in [0.05, 0.1) is 23.5 Å². The SMILES string of the molecule is O=C(NCCCN1CCCCC1)[C@@H]1CCCN(c2nc3ccccc3n(Cc3ccccc3)c2=O)C1. The smallest absolute Gasteiger partial charge is 0.294 e. The van der Waals surface area contributed by atoms with Gasteiger partial charge in [0.2, 0.25) is 5.91 Å². The van der Waals surface area contributed by atoms with Crippen molar-refractivity contribution in [2.24, 2.45) is 5.92 Å². The molecule has 5 rings (SSSR count). The summed E-state index contributed by atoms with van der Waals surface area (Å²) in [5, 5.41) is 3.16. The zero-order valence-corrected chi connectivity index (χ0v) is 21.1. The van der Waals surface area contributed by atoms with Crippen molar-refractivity contribution in [3.8, 4) is 0 Å². The van der Waals surface area contributed by atoms with E-state index in [1.807, 2.05) is 64.1 Å². The van der Waals surface area contributed by atoms with Crippen molar-refractivity contribution in [2.75, 3.05) is 44.2 Å². The quantitative estimate of drug-likeness (QED) is 0.491. The van der Waals surface area contributed by atoms with E-state index in [1.54, 1.807) is 0 Å². The number of rotatable bonds is 8. The lowest BCUT2D eigenvalue weighted by molar-refractivity contribution is -0.125. The first-order valence-corrected chi connectivity index (χ1v) is 13.5. The normalized spacial score (nSPS) is 18.9. The Labute approximate surface area is 213 Å². The first-order chi connectivity index (χ1) is 17.7. The Hall–Kier alpha value is -3.19. The Kier molecular flexibility index (Phi) is 7.96. The van der Waals surface area contributed by atoms with E-state index in [0.717, 1.165) is 48.9 Å². The van der Waals surface area contributed by atoms with Crippen LogP contribution >= 0.6 is 0 Å². The van der Waals surface area contributed by atoms with Gasteiger partial charge in [-0.05, 0) is 69.4 Å². The van der Waals surface area contributed by atoms with Crippen molar-refractivity contribution in [3.05, 3.63) is 70.5 Å². The van der Waals surface area contributed by atoms with Crippen LogP contribution in [0.25, 0.3) is 11.0 Å². The van der Waals surface area contributed by atoms with Crippen molar-refractivity contribution >= 4 is 22.8 Å².